The van der Waals surface area contributed by atoms with E-state index >= 15 is 0 Å². The molecule has 4 heterocycles. The molecule has 6 rings (SSSR count). The van der Waals surface area contributed by atoms with Gasteiger partial charge in [0.25, 0.3) is 0 Å². The molecule has 0 bridgehead atoms. The lowest BCUT2D eigenvalue weighted by atomic mass is 9.79. The van der Waals surface area contributed by atoms with Gasteiger partial charge in [-0.1, -0.05) is 24.3 Å². The van der Waals surface area contributed by atoms with Crippen molar-refractivity contribution in [2.24, 2.45) is 11.8 Å². The molecule has 1 aromatic carbocycles. The number of methoxy groups -OCH3 is 1. The lowest BCUT2D eigenvalue weighted by molar-refractivity contribution is -0.339. The highest BCUT2D eigenvalue weighted by atomic mass is 16.8. The minimum absolute atomic E-state index is 0.192. The first-order valence-electron chi connectivity index (χ1n) is 12.9. The maximum Gasteiger partial charge on any atom is 0.337 e. The van der Waals surface area contributed by atoms with Crippen LogP contribution in [0, 0.1) is 11.8 Å². The predicted molar refractivity (Wildman–Crippen MR) is 132 cm³/mol. The number of hydrogen-bond acceptors (Lipinski definition) is 10. The standard InChI is InChI=1S/C27H32N2O9/c1-35-25(34)16-11-36-26(38-27-24(33)23(32)22(31)18(10-30)37-27)19-13(16)6-7-15(19)20-21-14(8-9-28-20)12-4-2-3-5-17(12)29-21/h2-5,7,11,13,18-20,22-24,26-33H,6,8-10H2,1H3/t13-,18+,19+,20-,22-,23-,24+,26-,27+/m1/s1. The van der Waals surface area contributed by atoms with Crippen molar-refractivity contribution in [2.75, 3.05) is 20.3 Å². The van der Waals surface area contributed by atoms with Gasteiger partial charge < -0.3 is 49.7 Å². The van der Waals surface area contributed by atoms with Gasteiger partial charge in [0.15, 0.2) is 6.29 Å². The molecule has 2 aromatic rings. The average molecular weight is 529 g/mol. The number of ether oxygens (including phenoxy) is 4. The number of hydrogen-bond donors (Lipinski definition) is 6. The van der Waals surface area contributed by atoms with E-state index in [9.17, 15) is 25.2 Å². The minimum Gasteiger partial charge on any atom is -0.471 e. The second-order valence-corrected chi connectivity index (χ2v) is 10.2. The van der Waals surface area contributed by atoms with E-state index in [0.29, 0.717) is 12.0 Å². The summed E-state index contributed by atoms with van der Waals surface area (Å²) in [5.41, 5.74) is 4.67. The molecule has 1 saturated heterocycles. The number of para-hydroxylation sites is 1. The average Bonchev–Trinajstić information content (AvgIpc) is 3.55. The summed E-state index contributed by atoms with van der Waals surface area (Å²) in [6.45, 7) is 0.183. The van der Waals surface area contributed by atoms with Gasteiger partial charge in [0.1, 0.15) is 24.4 Å². The Morgan fingerprint density at radius 3 is 2.74 bits per heavy atom. The van der Waals surface area contributed by atoms with Crippen LogP contribution in [0.4, 0.5) is 0 Å². The van der Waals surface area contributed by atoms with E-state index in [4.69, 9.17) is 18.9 Å². The number of esters is 1. The van der Waals surface area contributed by atoms with Crippen LogP contribution < -0.4 is 5.32 Å². The fourth-order valence-corrected chi connectivity index (χ4v) is 6.28. The zero-order valence-electron chi connectivity index (χ0n) is 20.8. The fourth-order valence-electron chi connectivity index (χ4n) is 6.28. The molecule has 204 valence electrons. The van der Waals surface area contributed by atoms with Crippen LogP contribution >= 0.6 is 0 Å². The van der Waals surface area contributed by atoms with Crippen LogP contribution in [0.15, 0.2) is 47.7 Å². The molecule has 9 atom stereocenters. The number of allylic oxidation sites excluding steroid dienone is 1. The summed E-state index contributed by atoms with van der Waals surface area (Å²) >= 11 is 0. The smallest absolute Gasteiger partial charge is 0.337 e. The molecule has 1 fully saturated rings. The van der Waals surface area contributed by atoms with Crippen molar-refractivity contribution in [1.29, 1.82) is 0 Å². The predicted octanol–water partition coefficient (Wildman–Crippen LogP) is 0.147. The first-order chi connectivity index (χ1) is 18.4. The van der Waals surface area contributed by atoms with Gasteiger partial charge in [-0.25, -0.2) is 4.79 Å². The molecule has 0 spiro atoms. The van der Waals surface area contributed by atoms with Crippen LogP contribution in [0.25, 0.3) is 10.9 Å². The van der Waals surface area contributed by atoms with E-state index in [-0.39, 0.29) is 12.0 Å². The Bertz CT molecular complexity index is 1270. The highest BCUT2D eigenvalue weighted by Crippen LogP contribution is 2.49. The molecule has 0 unspecified atom stereocenters. The van der Waals surface area contributed by atoms with E-state index in [1.165, 1.54) is 24.3 Å². The first kappa shape index (κ1) is 25.5. The molecular weight excluding hydrogens is 496 g/mol. The fraction of sp³-hybridized carbons (Fsp3) is 0.519. The highest BCUT2D eigenvalue weighted by Gasteiger charge is 2.51. The van der Waals surface area contributed by atoms with Crippen molar-refractivity contribution in [2.45, 2.75) is 55.9 Å². The summed E-state index contributed by atoms with van der Waals surface area (Å²) in [7, 11) is 1.32. The monoisotopic (exact) mass is 528 g/mol. The van der Waals surface area contributed by atoms with Crippen molar-refractivity contribution < 1.29 is 44.2 Å². The summed E-state index contributed by atoms with van der Waals surface area (Å²) in [6.07, 6.45) is -3.33. The summed E-state index contributed by atoms with van der Waals surface area (Å²) in [4.78, 5) is 16.2. The number of aromatic nitrogens is 1. The van der Waals surface area contributed by atoms with Gasteiger partial charge in [-0.3, -0.25) is 0 Å². The van der Waals surface area contributed by atoms with E-state index in [1.807, 2.05) is 18.2 Å². The Kier molecular flexibility index (Phi) is 6.77. The lowest BCUT2D eigenvalue weighted by Crippen LogP contribution is -2.60. The van der Waals surface area contributed by atoms with Crippen LogP contribution in [0.2, 0.25) is 0 Å². The first-order valence-corrected chi connectivity index (χ1v) is 12.9. The van der Waals surface area contributed by atoms with E-state index < -0.39 is 55.5 Å². The second-order valence-electron chi connectivity index (χ2n) is 10.2. The Morgan fingerprint density at radius 1 is 1.13 bits per heavy atom. The molecule has 38 heavy (non-hydrogen) atoms. The number of aliphatic hydroxyl groups is 4. The molecule has 4 aliphatic rings. The Balaban J connectivity index is 1.34. The third-order valence-corrected chi connectivity index (χ3v) is 8.18. The van der Waals surface area contributed by atoms with Gasteiger partial charge in [0.05, 0.1) is 37.5 Å². The van der Waals surface area contributed by atoms with Crippen molar-refractivity contribution in [1.82, 2.24) is 10.3 Å². The number of benzene rings is 1. The summed E-state index contributed by atoms with van der Waals surface area (Å²) in [5, 5.41) is 45.3. The minimum atomic E-state index is -1.58. The van der Waals surface area contributed by atoms with Crippen LogP contribution in [0.5, 0.6) is 0 Å². The Hall–Kier alpha value is -2.77. The summed E-state index contributed by atoms with van der Waals surface area (Å²) < 4.78 is 22.6. The summed E-state index contributed by atoms with van der Waals surface area (Å²) in [6, 6.07) is 7.97. The number of carbonyl (C=O) groups is 1. The molecule has 0 amide bonds. The maximum atomic E-state index is 12.6. The largest absolute Gasteiger partial charge is 0.471 e. The quantitative estimate of drug-likeness (QED) is 0.233. The van der Waals surface area contributed by atoms with Crippen molar-refractivity contribution in [3.8, 4) is 0 Å². The normalized spacial score (nSPS) is 36.6. The SMILES string of the molecule is COC(=O)C1=CO[C@H](O[C@@H]2O[C@@H](CO)[C@@H](O)[C@@H](O)[C@@H]2O)[C@@H]2C([C@H]3NCCc4c3[nH]c3ccccc43)=CC[C@H]12. The maximum absolute atomic E-state index is 12.6. The molecule has 0 radical (unpaired) electrons. The molecule has 0 saturated carbocycles. The van der Waals surface area contributed by atoms with Gasteiger partial charge in [-0.15, -0.1) is 0 Å². The number of nitrogens with one attached hydrogen (secondary N) is 2. The van der Waals surface area contributed by atoms with Gasteiger partial charge in [-0.05, 0) is 30.0 Å². The Morgan fingerprint density at radius 2 is 1.95 bits per heavy atom. The molecule has 11 heteroatoms. The summed E-state index contributed by atoms with van der Waals surface area (Å²) in [5.74, 6) is -1.25. The lowest BCUT2D eigenvalue weighted by Gasteiger charge is -2.43. The number of aliphatic hydroxyl groups excluding tert-OH is 4. The van der Waals surface area contributed by atoms with Crippen LogP contribution in [-0.4, -0.2) is 88.6 Å². The van der Waals surface area contributed by atoms with E-state index in [2.05, 4.69) is 22.4 Å². The van der Waals surface area contributed by atoms with Crippen LogP contribution in [-0.2, 0) is 30.2 Å². The zero-order chi connectivity index (χ0) is 26.6. The second kappa shape index (κ2) is 10.1. The van der Waals surface area contributed by atoms with Crippen molar-refractivity contribution in [3.63, 3.8) is 0 Å². The van der Waals surface area contributed by atoms with Crippen LogP contribution in [0.3, 0.4) is 0 Å². The molecule has 1 aromatic heterocycles. The van der Waals surface area contributed by atoms with Crippen molar-refractivity contribution in [3.05, 3.63) is 59.0 Å². The number of aromatic amines is 1. The zero-order valence-corrected chi connectivity index (χ0v) is 20.8. The van der Waals surface area contributed by atoms with E-state index in [0.717, 1.165) is 29.7 Å². The van der Waals surface area contributed by atoms with Gasteiger partial charge >= 0.3 is 5.97 Å². The number of H-pyrrole nitrogens is 1. The van der Waals surface area contributed by atoms with Crippen LogP contribution in [0.1, 0.15) is 23.7 Å². The Labute approximate surface area is 218 Å². The third kappa shape index (κ3) is 4.06. The number of rotatable bonds is 5. The molecular formula is C27H32N2O9. The van der Waals surface area contributed by atoms with Gasteiger partial charge in [0, 0.05) is 29.1 Å². The molecule has 11 nitrogen and oxygen atoms in total. The van der Waals surface area contributed by atoms with Crippen molar-refractivity contribution >= 4 is 16.9 Å². The van der Waals surface area contributed by atoms with E-state index in [1.54, 1.807) is 0 Å². The van der Waals surface area contributed by atoms with Gasteiger partial charge in [0.2, 0.25) is 6.29 Å². The number of fused-ring (bicyclic) bond motifs is 4. The molecule has 3 aliphatic heterocycles. The van der Waals surface area contributed by atoms with Gasteiger partial charge in [-0.2, -0.15) is 0 Å². The molecule has 1 aliphatic carbocycles. The topological polar surface area (TPSA) is 163 Å². The third-order valence-electron chi connectivity index (χ3n) is 8.18. The highest BCUT2D eigenvalue weighted by molar-refractivity contribution is 5.89. The number of carbonyl (C=O) groups excluding carboxylic acids is 1. The molecule has 6 N–H and O–H groups in total.